The lowest BCUT2D eigenvalue weighted by Crippen LogP contribution is -2.38. The van der Waals surface area contributed by atoms with Crippen LogP contribution in [0.3, 0.4) is 0 Å². The molecule has 0 radical (unpaired) electrons. The van der Waals surface area contributed by atoms with E-state index in [9.17, 15) is 21.6 Å². The summed E-state index contributed by atoms with van der Waals surface area (Å²) in [5.74, 6) is 0.302. The van der Waals surface area contributed by atoms with Gasteiger partial charge in [-0.15, -0.1) is 0 Å². The maximum atomic E-state index is 12.4. The minimum Gasteiger partial charge on any atom is -0.370 e. The molecule has 0 spiro atoms. The average Bonchev–Trinajstić information content (AvgIpc) is 2.35. The summed E-state index contributed by atoms with van der Waals surface area (Å²) in [6.45, 7) is 1.91. The number of sulfonamides is 1. The average molecular weight is 311 g/mol. The Morgan fingerprint density at radius 1 is 1.35 bits per heavy atom. The van der Waals surface area contributed by atoms with Crippen LogP contribution in [-0.4, -0.2) is 43.5 Å². The Kier molecular flexibility index (Phi) is 5.35. The van der Waals surface area contributed by atoms with Gasteiger partial charge in [-0.05, 0) is 13.0 Å². The Labute approximate surface area is 115 Å². The summed E-state index contributed by atoms with van der Waals surface area (Å²) in [6, 6.07) is 2.40. The molecule has 5 nitrogen and oxygen atoms in total. The van der Waals surface area contributed by atoms with Gasteiger partial charge >= 0.3 is 6.18 Å². The number of aromatic nitrogens is 1. The minimum atomic E-state index is -4.58. The van der Waals surface area contributed by atoms with Crippen molar-refractivity contribution in [2.24, 2.45) is 0 Å². The van der Waals surface area contributed by atoms with Crippen LogP contribution < -0.4 is 5.32 Å². The molecule has 0 aromatic carbocycles. The molecule has 0 saturated carbocycles. The van der Waals surface area contributed by atoms with Crippen molar-refractivity contribution in [3.8, 4) is 0 Å². The van der Waals surface area contributed by atoms with E-state index in [0.29, 0.717) is 16.7 Å². The van der Waals surface area contributed by atoms with E-state index < -0.39 is 22.7 Å². The van der Waals surface area contributed by atoms with E-state index in [0.717, 1.165) is 0 Å². The van der Waals surface area contributed by atoms with Crippen LogP contribution in [0.1, 0.15) is 13.8 Å². The SMILES string of the molecule is CCNc1cc(S(=O)(=O)N(CC)CC(F)(F)F)ccn1. The lowest BCUT2D eigenvalue weighted by molar-refractivity contribution is -0.135. The molecule has 0 aliphatic carbocycles. The Hall–Kier alpha value is -1.35. The highest BCUT2D eigenvalue weighted by molar-refractivity contribution is 7.89. The maximum Gasteiger partial charge on any atom is 0.402 e. The Bertz CT molecular complexity index is 546. The van der Waals surface area contributed by atoms with Crippen molar-refractivity contribution < 1.29 is 21.6 Å². The van der Waals surface area contributed by atoms with E-state index >= 15 is 0 Å². The fraction of sp³-hybridized carbons (Fsp3) is 0.545. The van der Waals surface area contributed by atoms with Crippen molar-refractivity contribution in [2.45, 2.75) is 24.9 Å². The molecule has 1 aromatic heterocycles. The molecule has 114 valence electrons. The van der Waals surface area contributed by atoms with Crippen LogP contribution in [0.5, 0.6) is 0 Å². The second-order valence-electron chi connectivity index (χ2n) is 3.95. The molecule has 0 unspecified atom stereocenters. The van der Waals surface area contributed by atoms with Crippen LogP contribution in [0.2, 0.25) is 0 Å². The topological polar surface area (TPSA) is 62.3 Å². The number of nitrogens with one attached hydrogen (secondary N) is 1. The monoisotopic (exact) mass is 311 g/mol. The maximum absolute atomic E-state index is 12.4. The van der Waals surface area contributed by atoms with E-state index in [2.05, 4.69) is 10.3 Å². The third-order valence-electron chi connectivity index (χ3n) is 2.44. The van der Waals surface area contributed by atoms with Gasteiger partial charge in [-0.1, -0.05) is 6.92 Å². The normalized spacial score (nSPS) is 12.7. The van der Waals surface area contributed by atoms with Crippen molar-refractivity contribution >= 4 is 15.8 Å². The highest BCUT2D eigenvalue weighted by Crippen LogP contribution is 2.23. The smallest absolute Gasteiger partial charge is 0.370 e. The number of alkyl halides is 3. The van der Waals surface area contributed by atoms with Crippen LogP contribution in [0.4, 0.5) is 19.0 Å². The summed E-state index contributed by atoms with van der Waals surface area (Å²) in [5, 5.41) is 2.81. The quantitative estimate of drug-likeness (QED) is 0.874. The van der Waals surface area contributed by atoms with Gasteiger partial charge < -0.3 is 5.32 Å². The molecule has 1 aromatic rings. The molecule has 0 aliphatic heterocycles. The van der Waals surface area contributed by atoms with E-state index in [-0.39, 0.29) is 11.4 Å². The summed E-state index contributed by atoms with van der Waals surface area (Å²) in [5.41, 5.74) is 0. The second kappa shape index (κ2) is 6.40. The van der Waals surface area contributed by atoms with Gasteiger partial charge in [0.2, 0.25) is 10.0 Å². The van der Waals surface area contributed by atoms with Gasteiger partial charge in [-0.3, -0.25) is 0 Å². The first-order chi connectivity index (χ1) is 9.20. The number of hydrogen-bond acceptors (Lipinski definition) is 4. The number of rotatable bonds is 6. The number of halogens is 3. The van der Waals surface area contributed by atoms with Gasteiger partial charge in [0.05, 0.1) is 4.90 Å². The standard InChI is InChI=1S/C11H16F3N3O2S/c1-3-15-10-7-9(5-6-16-10)20(18,19)17(4-2)8-11(12,13)14/h5-7H,3-4,8H2,1-2H3,(H,15,16). The van der Waals surface area contributed by atoms with Crippen molar-refractivity contribution in [1.29, 1.82) is 0 Å². The Morgan fingerprint density at radius 3 is 2.50 bits per heavy atom. The van der Waals surface area contributed by atoms with Gasteiger partial charge in [-0.2, -0.15) is 17.5 Å². The van der Waals surface area contributed by atoms with E-state index in [4.69, 9.17) is 0 Å². The summed E-state index contributed by atoms with van der Waals surface area (Å²) in [4.78, 5) is 3.67. The molecule has 0 amide bonds. The summed E-state index contributed by atoms with van der Waals surface area (Å²) < 4.78 is 61.9. The molecule has 20 heavy (non-hydrogen) atoms. The van der Waals surface area contributed by atoms with Crippen molar-refractivity contribution in [1.82, 2.24) is 9.29 Å². The molecule has 9 heteroatoms. The van der Waals surface area contributed by atoms with Crippen LogP contribution in [0.25, 0.3) is 0 Å². The molecule has 0 atom stereocenters. The number of hydrogen-bond donors (Lipinski definition) is 1. The number of anilines is 1. The van der Waals surface area contributed by atoms with Crippen LogP contribution in [-0.2, 0) is 10.0 Å². The zero-order valence-electron chi connectivity index (χ0n) is 11.1. The van der Waals surface area contributed by atoms with Crippen molar-refractivity contribution in [3.63, 3.8) is 0 Å². The molecule has 1 heterocycles. The van der Waals surface area contributed by atoms with Gasteiger partial charge in [0.1, 0.15) is 12.4 Å². The third-order valence-corrected chi connectivity index (χ3v) is 4.35. The van der Waals surface area contributed by atoms with Crippen LogP contribution in [0.15, 0.2) is 23.2 Å². The number of pyridine rings is 1. The Balaban J connectivity index is 3.10. The highest BCUT2D eigenvalue weighted by atomic mass is 32.2. The van der Waals surface area contributed by atoms with E-state index in [1.807, 2.05) is 0 Å². The van der Waals surface area contributed by atoms with Crippen LogP contribution in [0, 0.1) is 0 Å². The highest BCUT2D eigenvalue weighted by Gasteiger charge is 2.36. The summed E-state index contributed by atoms with van der Waals surface area (Å²) in [7, 11) is -4.19. The van der Waals surface area contributed by atoms with E-state index in [1.165, 1.54) is 25.3 Å². The zero-order chi connectivity index (χ0) is 15.4. The summed E-state index contributed by atoms with van der Waals surface area (Å²) >= 11 is 0. The first kappa shape index (κ1) is 16.7. The van der Waals surface area contributed by atoms with Crippen molar-refractivity contribution in [3.05, 3.63) is 18.3 Å². The van der Waals surface area contributed by atoms with E-state index in [1.54, 1.807) is 6.92 Å². The fourth-order valence-corrected chi connectivity index (χ4v) is 3.01. The third kappa shape index (κ3) is 4.34. The lowest BCUT2D eigenvalue weighted by Gasteiger charge is -2.22. The van der Waals surface area contributed by atoms with Gasteiger partial charge in [0, 0.05) is 25.4 Å². The first-order valence-corrected chi connectivity index (χ1v) is 7.41. The first-order valence-electron chi connectivity index (χ1n) is 5.97. The molecule has 0 saturated heterocycles. The summed E-state index contributed by atoms with van der Waals surface area (Å²) in [6.07, 6.45) is -3.34. The predicted octanol–water partition coefficient (Wildman–Crippen LogP) is 2.09. The molecular weight excluding hydrogens is 295 g/mol. The molecule has 0 aliphatic rings. The van der Waals surface area contributed by atoms with Crippen molar-refractivity contribution in [2.75, 3.05) is 25.0 Å². The molecule has 1 rings (SSSR count). The fourth-order valence-electron chi connectivity index (χ4n) is 1.57. The van der Waals surface area contributed by atoms with Gasteiger partial charge in [0.15, 0.2) is 0 Å². The predicted molar refractivity (Wildman–Crippen MR) is 68.9 cm³/mol. The molecule has 0 fully saturated rings. The molecular formula is C11H16F3N3O2S. The Morgan fingerprint density at radius 2 is 2.00 bits per heavy atom. The zero-order valence-corrected chi connectivity index (χ0v) is 11.9. The molecule has 1 N–H and O–H groups in total. The second-order valence-corrected chi connectivity index (χ2v) is 5.89. The number of nitrogens with zero attached hydrogens (tertiary/aromatic N) is 2. The van der Waals surface area contributed by atoms with Gasteiger partial charge in [-0.25, -0.2) is 13.4 Å². The minimum absolute atomic E-state index is 0.213. The van der Waals surface area contributed by atoms with Crippen LogP contribution >= 0.6 is 0 Å². The molecule has 0 bridgehead atoms. The largest absolute Gasteiger partial charge is 0.402 e. The van der Waals surface area contributed by atoms with Gasteiger partial charge in [0.25, 0.3) is 0 Å². The lowest BCUT2D eigenvalue weighted by atomic mass is 10.4.